The molecule has 2 N–H and O–H groups in total. The van der Waals surface area contributed by atoms with Crippen molar-refractivity contribution in [2.24, 2.45) is 0 Å². The second-order valence-corrected chi connectivity index (χ2v) is 9.40. The van der Waals surface area contributed by atoms with Crippen LogP contribution in [-0.2, 0) is 4.79 Å². The number of hydrogen-bond donors (Lipinski definition) is 0. The van der Waals surface area contributed by atoms with Crippen molar-refractivity contribution >= 4 is 30.0 Å². The molecule has 0 aromatic heterocycles. The third-order valence-electron chi connectivity index (χ3n) is 7.19. The van der Waals surface area contributed by atoms with Gasteiger partial charge in [-0.1, -0.05) is 30.3 Å². The second kappa shape index (κ2) is 12.9. The molecule has 3 fully saturated rings. The van der Waals surface area contributed by atoms with Crippen LogP contribution in [0.25, 0.3) is 0 Å². The van der Waals surface area contributed by atoms with E-state index in [1.54, 1.807) is 4.90 Å². The number of benzene rings is 2. The van der Waals surface area contributed by atoms with Gasteiger partial charge >= 0.3 is 6.03 Å². The standard InChI is InChI=1S/C27H34N4O3.ClH.H2O/c32-26-24-13-6-7-16-30(24)27(33)31(26)17-9-8-15-28-18-20-29(21-19-28)23-12-4-5-14-25(23)34-22-10-2-1-3-11-22;;/h1-5,10-12,14,24H,6-9,13,15-21H2;1H;1H2. The van der Waals surface area contributed by atoms with Crippen molar-refractivity contribution in [2.75, 3.05) is 50.7 Å². The van der Waals surface area contributed by atoms with Crippen LogP contribution in [0, 0.1) is 0 Å². The lowest BCUT2D eigenvalue weighted by Gasteiger charge is -2.36. The quantitative estimate of drug-likeness (QED) is 0.393. The highest BCUT2D eigenvalue weighted by atomic mass is 35.5. The van der Waals surface area contributed by atoms with E-state index < -0.39 is 0 Å². The molecule has 0 radical (unpaired) electrons. The van der Waals surface area contributed by atoms with Gasteiger partial charge in [-0.2, -0.15) is 0 Å². The smallest absolute Gasteiger partial charge is 0.327 e. The third-order valence-corrected chi connectivity index (χ3v) is 7.19. The number of amides is 3. The van der Waals surface area contributed by atoms with Gasteiger partial charge in [0.05, 0.1) is 5.69 Å². The second-order valence-electron chi connectivity index (χ2n) is 9.40. The summed E-state index contributed by atoms with van der Waals surface area (Å²) in [5.41, 5.74) is 1.13. The number of nitrogens with zero attached hydrogens (tertiary/aromatic N) is 4. The molecule has 3 amide bonds. The minimum absolute atomic E-state index is 0. The molecule has 1 atom stereocenters. The fourth-order valence-corrected chi connectivity index (χ4v) is 5.29. The lowest BCUT2D eigenvalue weighted by Crippen LogP contribution is -2.46. The fraction of sp³-hybridized carbons (Fsp3) is 0.481. The van der Waals surface area contributed by atoms with Gasteiger partial charge in [0.2, 0.25) is 0 Å². The number of carbonyl (C=O) groups excluding carboxylic acids is 2. The molecule has 2 aromatic rings. The van der Waals surface area contributed by atoms with E-state index in [2.05, 4.69) is 21.9 Å². The van der Waals surface area contributed by atoms with Crippen molar-refractivity contribution in [1.82, 2.24) is 14.7 Å². The number of halogens is 1. The number of fused-ring (bicyclic) bond motifs is 1. The summed E-state index contributed by atoms with van der Waals surface area (Å²) in [6, 6.07) is 17.9. The molecular weight excluding hydrogens is 480 g/mol. The normalized spacial score (nSPS) is 20.0. The Morgan fingerprint density at radius 3 is 2.25 bits per heavy atom. The number of anilines is 1. The maximum Gasteiger partial charge on any atom is 0.327 e. The summed E-state index contributed by atoms with van der Waals surface area (Å²) < 4.78 is 6.15. The average molecular weight is 517 g/mol. The number of imide groups is 1. The van der Waals surface area contributed by atoms with E-state index in [4.69, 9.17) is 4.74 Å². The van der Waals surface area contributed by atoms with Crippen molar-refractivity contribution in [1.29, 1.82) is 0 Å². The minimum Gasteiger partial charge on any atom is -0.455 e. The molecule has 3 saturated heterocycles. The monoisotopic (exact) mass is 516 g/mol. The van der Waals surface area contributed by atoms with E-state index in [1.807, 2.05) is 42.5 Å². The van der Waals surface area contributed by atoms with Crippen LogP contribution in [0.4, 0.5) is 10.5 Å². The van der Waals surface area contributed by atoms with Crippen LogP contribution in [0.1, 0.15) is 32.1 Å². The van der Waals surface area contributed by atoms with E-state index in [0.717, 1.165) is 88.6 Å². The molecule has 5 rings (SSSR count). The molecule has 9 heteroatoms. The van der Waals surface area contributed by atoms with Gasteiger partial charge in [0, 0.05) is 39.3 Å². The summed E-state index contributed by atoms with van der Waals surface area (Å²) in [6.45, 7) is 6.18. The summed E-state index contributed by atoms with van der Waals surface area (Å²) >= 11 is 0. The average Bonchev–Trinajstić information content (AvgIpc) is 3.13. The molecule has 36 heavy (non-hydrogen) atoms. The Morgan fingerprint density at radius 2 is 1.50 bits per heavy atom. The topological polar surface area (TPSA) is 87.8 Å². The first kappa shape index (κ1) is 27.8. The zero-order valence-corrected chi connectivity index (χ0v) is 21.5. The maximum atomic E-state index is 12.6. The number of piperidine rings is 1. The SMILES string of the molecule is Cl.O.O=C1C2CCCCN2C(=O)N1CCCCN1CCN(c2ccccc2Oc2ccccc2)CC1. The van der Waals surface area contributed by atoms with Crippen LogP contribution >= 0.6 is 12.4 Å². The largest absolute Gasteiger partial charge is 0.455 e. The van der Waals surface area contributed by atoms with Gasteiger partial charge in [-0.25, -0.2) is 4.79 Å². The minimum atomic E-state index is -0.192. The van der Waals surface area contributed by atoms with Crippen LogP contribution in [0.15, 0.2) is 54.6 Å². The summed E-state index contributed by atoms with van der Waals surface area (Å²) in [7, 11) is 0. The molecule has 8 nitrogen and oxygen atoms in total. The number of rotatable bonds is 8. The van der Waals surface area contributed by atoms with E-state index in [9.17, 15) is 9.59 Å². The van der Waals surface area contributed by atoms with Crippen LogP contribution in [0.5, 0.6) is 11.5 Å². The van der Waals surface area contributed by atoms with Crippen molar-refractivity contribution in [2.45, 2.75) is 38.1 Å². The Balaban J connectivity index is 0.00000180. The van der Waals surface area contributed by atoms with Crippen molar-refractivity contribution in [3.8, 4) is 11.5 Å². The highest BCUT2D eigenvalue weighted by Gasteiger charge is 2.45. The molecule has 2 aromatic carbocycles. The molecular formula is C27H37ClN4O4. The number of carbonyl (C=O) groups is 2. The number of urea groups is 1. The lowest BCUT2D eigenvalue weighted by atomic mass is 10.0. The summed E-state index contributed by atoms with van der Waals surface area (Å²) in [5, 5.41) is 0. The number of unbranched alkanes of at least 4 members (excludes halogenated alkanes) is 1. The highest BCUT2D eigenvalue weighted by molar-refractivity contribution is 6.04. The molecule has 3 heterocycles. The Labute approximate surface area is 219 Å². The van der Waals surface area contributed by atoms with Crippen LogP contribution < -0.4 is 9.64 Å². The molecule has 0 spiro atoms. The van der Waals surface area contributed by atoms with E-state index in [0.29, 0.717) is 6.54 Å². The Bertz CT molecular complexity index is 976. The van der Waals surface area contributed by atoms with Gasteiger partial charge in [-0.15, -0.1) is 12.4 Å². The first-order valence-corrected chi connectivity index (χ1v) is 12.6. The van der Waals surface area contributed by atoms with E-state index >= 15 is 0 Å². The fourth-order valence-electron chi connectivity index (χ4n) is 5.29. The summed E-state index contributed by atoms with van der Waals surface area (Å²) in [4.78, 5) is 33.3. The van der Waals surface area contributed by atoms with Crippen LogP contribution in [0.3, 0.4) is 0 Å². The first-order chi connectivity index (χ1) is 16.7. The molecule has 3 aliphatic rings. The van der Waals surface area contributed by atoms with Gasteiger partial charge in [-0.3, -0.25) is 14.6 Å². The number of para-hydroxylation sites is 3. The number of piperazine rings is 1. The highest BCUT2D eigenvalue weighted by Crippen LogP contribution is 2.32. The molecule has 1 unspecified atom stereocenters. The van der Waals surface area contributed by atoms with Gasteiger partial charge in [0.15, 0.2) is 5.75 Å². The van der Waals surface area contributed by atoms with Crippen molar-refractivity contribution < 1.29 is 19.8 Å². The Morgan fingerprint density at radius 1 is 0.806 bits per heavy atom. The zero-order valence-electron chi connectivity index (χ0n) is 20.7. The predicted molar refractivity (Wildman–Crippen MR) is 143 cm³/mol. The molecule has 0 saturated carbocycles. The Kier molecular flexibility index (Phi) is 9.98. The summed E-state index contributed by atoms with van der Waals surface area (Å²) in [6.07, 6.45) is 4.74. The van der Waals surface area contributed by atoms with Gasteiger partial charge < -0.3 is 20.0 Å². The zero-order chi connectivity index (χ0) is 23.3. The number of ether oxygens (including phenoxy) is 1. The number of hydrogen-bond acceptors (Lipinski definition) is 5. The Hall–Kier alpha value is -2.81. The van der Waals surface area contributed by atoms with Gasteiger partial charge in [0.25, 0.3) is 5.91 Å². The lowest BCUT2D eigenvalue weighted by molar-refractivity contribution is -0.128. The maximum absolute atomic E-state index is 12.6. The molecule has 196 valence electrons. The predicted octanol–water partition coefficient (Wildman–Crippen LogP) is 3.79. The van der Waals surface area contributed by atoms with Crippen LogP contribution in [-0.4, -0.2) is 84.0 Å². The van der Waals surface area contributed by atoms with Crippen molar-refractivity contribution in [3.05, 3.63) is 54.6 Å². The van der Waals surface area contributed by atoms with Crippen LogP contribution in [0.2, 0.25) is 0 Å². The van der Waals surface area contributed by atoms with Gasteiger partial charge in [0.1, 0.15) is 11.8 Å². The summed E-state index contributed by atoms with van der Waals surface area (Å²) in [5.74, 6) is 1.76. The molecule has 3 aliphatic heterocycles. The van der Waals surface area contributed by atoms with E-state index in [1.165, 1.54) is 4.90 Å². The first-order valence-electron chi connectivity index (χ1n) is 12.6. The molecule has 0 aliphatic carbocycles. The van der Waals surface area contributed by atoms with E-state index in [-0.39, 0.29) is 35.9 Å². The molecule has 0 bridgehead atoms. The van der Waals surface area contributed by atoms with Crippen molar-refractivity contribution in [3.63, 3.8) is 0 Å². The van der Waals surface area contributed by atoms with Gasteiger partial charge in [-0.05, 0) is 62.9 Å². The third kappa shape index (κ3) is 6.11.